The van der Waals surface area contributed by atoms with E-state index in [1.165, 1.54) is 0 Å². The molecule has 1 aromatic rings. The van der Waals surface area contributed by atoms with Crippen molar-refractivity contribution in [1.29, 1.82) is 0 Å². The summed E-state index contributed by atoms with van der Waals surface area (Å²) in [5, 5.41) is 12.2. The molecule has 0 spiro atoms. The Kier molecular flexibility index (Phi) is 5.03. The van der Waals surface area contributed by atoms with Crippen LogP contribution in [0.5, 0.6) is 0 Å². The van der Waals surface area contributed by atoms with Gasteiger partial charge in [-0.2, -0.15) is 0 Å². The van der Waals surface area contributed by atoms with E-state index in [4.69, 9.17) is 4.74 Å². The van der Waals surface area contributed by atoms with Gasteiger partial charge in [-0.15, -0.1) is 0 Å². The zero-order valence-corrected chi connectivity index (χ0v) is 12.9. The van der Waals surface area contributed by atoms with Crippen LogP contribution in [0.2, 0.25) is 0 Å². The Morgan fingerprint density at radius 1 is 1.23 bits per heavy atom. The second-order valence-corrected chi connectivity index (χ2v) is 5.91. The van der Waals surface area contributed by atoms with Crippen molar-refractivity contribution < 1.29 is 19.4 Å². The van der Waals surface area contributed by atoms with Crippen molar-refractivity contribution in [3.05, 3.63) is 35.9 Å². The van der Waals surface area contributed by atoms with E-state index in [9.17, 15) is 14.7 Å². The average molecular weight is 306 g/mol. The number of hydrogen-bond donors (Lipinski definition) is 2. The number of aliphatic carboxylic acids is 1. The molecular formula is C16H22N2O4. The lowest BCUT2D eigenvalue weighted by Crippen LogP contribution is -2.57. The molecule has 1 aliphatic heterocycles. The third-order valence-corrected chi connectivity index (χ3v) is 4.05. The Morgan fingerprint density at radius 2 is 1.82 bits per heavy atom. The van der Waals surface area contributed by atoms with Gasteiger partial charge in [-0.05, 0) is 5.56 Å². The fraction of sp³-hybridized carbons (Fsp3) is 0.500. The summed E-state index contributed by atoms with van der Waals surface area (Å²) >= 11 is 0. The normalized spacial score (nSPS) is 16.9. The summed E-state index contributed by atoms with van der Waals surface area (Å²) in [4.78, 5) is 25.6. The van der Waals surface area contributed by atoms with Crippen molar-refractivity contribution in [2.45, 2.75) is 25.3 Å². The molecule has 1 aliphatic rings. The van der Waals surface area contributed by atoms with E-state index >= 15 is 0 Å². The van der Waals surface area contributed by atoms with Gasteiger partial charge < -0.3 is 20.1 Å². The summed E-state index contributed by atoms with van der Waals surface area (Å²) in [6.07, 6.45) is 0. The Bertz CT molecular complexity index is 524. The number of carboxylic acid groups (broad SMARTS) is 1. The lowest BCUT2D eigenvalue weighted by atomic mass is 9.77. The van der Waals surface area contributed by atoms with Crippen molar-refractivity contribution >= 4 is 12.0 Å². The fourth-order valence-corrected chi connectivity index (χ4v) is 2.57. The quantitative estimate of drug-likeness (QED) is 0.882. The molecule has 1 fully saturated rings. The van der Waals surface area contributed by atoms with Gasteiger partial charge in [0.25, 0.3) is 0 Å². The molecule has 6 heteroatoms. The minimum Gasteiger partial charge on any atom is -0.480 e. The Hall–Kier alpha value is -2.08. The molecule has 2 rings (SSSR count). The number of carbonyl (C=O) groups excluding carboxylic acids is 1. The molecule has 0 aromatic heterocycles. The van der Waals surface area contributed by atoms with Gasteiger partial charge in [-0.3, -0.25) is 0 Å². The molecule has 0 saturated carbocycles. The summed E-state index contributed by atoms with van der Waals surface area (Å²) in [5.41, 5.74) is 0.138. The molecular weight excluding hydrogens is 284 g/mol. The van der Waals surface area contributed by atoms with Crippen LogP contribution in [0.1, 0.15) is 19.4 Å². The first-order chi connectivity index (χ1) is 10.4. The maximum absolute atomic E-state index is 12.3. The molecule has 6 nitrogen and oxygen atoms in total. The van der Waals surface area contributed by atoms with Crippen LogP contribution in [0.3, 0.4) is 0 Å². The Balaban J connectivity index is 2.15. The molecule has 0 aliphatic carbocycles. The first-order valence-corrected chi connectivity index (χ1v) is 7.34. The predicted molar refractivity (Wildman–Crippen MR) is 81.8 cm³/mol. The number of carbonyl (C=O) groups is 2. The van der Waals surface area contributed by atoms with Crippen LogP contribution >= 0.6 is 0 Å². The zero-order valence-electron chi connectivity index (χ0n) is 12.9. The van der Waals surface area contributed by atoms with Gasteiger partial charge in [0.05, 0.1) is 13.2 Å². The predicted octanol–water partition coefficient (Wildman–Crippen LogP) is 1.46. The highest BCUT2D eigenvalue weighted by Crippen LogP contribution is 2.27. The number of rotatable bonds is 4. The summed E-state index contributed by atoms with van der Waals surface area (Å²) < 4.78 is 5.20. The largest absolute Gasteiger partial charge is 0.480 e. The van der Waals surface area contributed by atoms with Crippen LogP contribution in [-0.2, 0) is 14.9 Å². The van der Waals surface area contributed by atoms with Crippen LogP contribution in [0, 0.1) is 0 Å². The molecule has 1 saturated heterocycles. The number of hydrogen-bond acceptors (Lipinski definition) is 3. The lowest BCUT2D eigenvalue weighted by Gasteiger charge is -2.35. The minimum absolute atomic E-state index is 0.361. The van der Waals surface area contributed by atoms with E-state index in [1.54, 1.807) is 4.90 Å². The number of carboxylic acids is 1. The van der Waals surface area contributed by atoms with Gasteiger partial charge in [-0.1, -0.05) is 44.2 Å². The molecule has 0 radical (unpaired) electrons. The molecule has 2 amide bonds. The molecule has 0 bridgehead atoms. The Labute approximate surface area is 130 Å². The van der Waals surface area contributed by atoms with E-state index < -0.39 is 17.4 Å². The van der Waals surface area contributed by atoms with Crippen molar-refractivity contribution in [1.82, 2.24) is 10.2 Å². The maximum Gasteiger partial charge on any atom is 0.327 e. The zero-order chi connectivity index (χ0) is 16.2. The molecule has 1 atom stereocenters. The standard InChI is InChI=1S/C16H22N2O4/c1-16(2,12-6-4-3-5-7-12)13(14(19)20)17-15(21)18-8-10-22-11-9-18/h3-7,13H,8-11H2,1-2H3,(H,17,21)(H,19,20). The first-order valence-electron chi connectivity index (χ1n) is 7.34. The number of benzene rings is 1. The fourth-order valence-electron chi connectivity index (χ4n) is 2.57. The number of nitrogens with one attached hydrogen (secondary N) is 1. The first kappa shape index (κ1) is 16.3. The van der Waals surface area contributed by atoms with Crippen molar-refractivity contribution in [2.75, 3.05) is 26.3 Å². The summed E-state index contributed by atoms with van der Waals surface area (Å²) in [5.74, 6) is -1.05. The van der Waals surface area contributed by atoms with Gasteiger partial charge in [0, 0.05) is 18.5 Å². The van der Waals surface area contributed by atoms with Crippen molar-refractivity contribution in [3.8, 4) is 0 Å². The smallest absolute Gasteiger partial charge is 0.327 e. The van der Waals surface area contributed by atoms with Gasteiger partial charge in [0.15, 0.2) is 0 Å². The maximum atomic E-state index is 12.3. The number of nitrogens with zero attached hydrogens (tertiary/aromatic N) is 1. The van der Waals surface area contributed by atoms with Crippen molar-refractivity contribution in [2.24, 2.45) is 0 Å². The number of morpholine rings is 1. The SMILES string of the molecule is CC(C)(c1ccccc1)C(NC(=O)N1CCOCC1)C(=O)O. The summed E-state index contributed by atoms with van der Waals surface area (Å²) in [6, 6.07) is 7.97. The highest BCUT2D eigenvalue weighted by Gasteiger charge is 2.38. The topological polar surface area (TPSA) is 78.9 Å². The van der Waals surface area contributed by atoms with Crippen LogP contribution in [-0.4, -0.2) is 54.4 Å². The third-order valence-electron chi connectivity index (χ3n) is 4.05. The van der Waals surface area contributed by atoms with E-state index in [1.807, 2.05) is 44.2 Å². The van der Waals surface area contributed by atoms with Crippen LogP contribution in [0.25, 0.3) is 0 Å². The van der Waals surface area contributed by atoms with E-state index in [0.717, 1.165) is 5.56 Å². The van der Waals surface area contributed by atoms with Crippen molar-refractivity contribution in [3.63, 3.8) is 0 Å². The van der Waals surface area contributed by atoms with Gasteiger partial charge >= 0.3 is 12.0 Å². The van der Waals surface area contributed by atoms with Gasteiger partial charge in [-0.25, -0.2) is 9.59 Å². The number of urea groups is 1. The number of amides is 2. The Morgan fingerprint density at radius 3 is 2.36 bits per heavy atom. The highest BCUT2D eigenvalue weighted by molar-refractivity contribution is 5.84. The van der Waals surface area contributed by atoms with E-state index in [-0.39, 0.29) is 6.03 Å². The number of ether oxygens (including phenoxy) is 1. The second kappa shape index (κ2) is 6.79. The van der Waals surface area contributed by atoms with E-state index in [2.05, 4.69) is 5.32 Å². The lowest BCUT2D eigenvalue weighted by molar-refractivity contribution is -0.141. The summed E-state index contributed by atoms with van der Waals surface area (Å²) in [6.45, 7) is 5.55. The molecule has 22 heavy (non-hydrogen) atoms. The third kappa shape index (κ3) is 3.57. The highest BCUT2D eigenvalue weighted by atomic mass is 16.5. The van der Waals surface area contributed by atoms with Gasteiger partial charge in [0.2, 0.25) is 0 Å². The van der Waals surface area contributed by atoms with Gasteiger partial charge in [0.1, 0.15) is 6.04 Å². The molecule has 1 aromatic carbocycles. The van der Waals surface area contributed by atoms with Crippen LogP contribution in [0.15, 0.2) is 30.3 Å². The molecule has 120 valence electrons. The minimum atomic E-state index is -1.05. The van der Waals surface area contributed by atoms with E-state index in [0.29, 0.717) is 26.3 Å². The molecule has 1 heterocycles. The second-order valence-electron chi connectivity index (χ2n) is 5.91. The molecule has 2 N–H and O–H groups in total. The molecule has 1 unspecified atom stereocenters. The van der Waals surface area contributed by atoms with Crippen LogP contribution < -0.4 is 5.32 Å². The monoisotopic (exact) mass is 306 g/mol. The average Bonchev–Trinajstić information content (AvgIpc) is 2.53. The van der Waals surface area contributed by atoms with Crippen LogP contribution in [0.4, 0.5) is 4.79 Å². The summed E-state index contributed by atoms with van der Waals surface area (Å²) in [7, 11) is 0.